The van der Waals surface area contributed by atoms with E-state index in [1.807, 2.05) is 0 Å². The minimum atomic E-state index is -0.379. The quantitative estimate of drug-likeness (QED) is 0.656. The van der Waals surface area contributed by atoms with E-state index in [9.17, 15) is 9.18 Å². The van der Waals surface area contributed by atoms with Gasteiger partial charge in [0.15, 0.2) is 0 Å². The molecule has 1 aliphatic rings. The van der Waals surface area contributed by atoms with Gasteiger partial charge in [-0.2, -0.15) is 0 Å². The first kappa shape index (κ1) is 9.76. The van der Waals surface area contributed by atoms with Gasteiger partial charge < -0.3 is 16.0 Å². The molecular weight excluding hydrogens is 197 g/mol. The SMILES string of the molecule is Nc1cc(F)cc(N2CCNC(=O)C2)c1. The number of carbonyl (C=O) groups excluding carboxylic acids is 1. The molecule has 0 radical (unpaired) electrons. The van der Waals surface area contributed by atoms with Gasteiger partial charge in [-0.05, 0) is 18.2 Å². The Hall–Kier alpha value is -1.78. The smallest absolute Gasteiger partial charge is 0.239 e. The summed E-state index contributed by atoms with van der Waals surface area (Å²) in [6, 6.07) is 4.31. The van der Waals surface area contributed by atoms with E-state index in [4.69, 9.17) is 5.73 Å². The highest BCUT2D eigenvalue weighted by atomic mass is 19.1. The number of rotatable bonds is 1. The predicted octanol–water partition coefficient (Wildman–Crippen LogP) is 0.344. The number of nitrogen functional groups attached to an aromatic ring is 1. The molecular formula is C10H12FN3O. The first-order valence-electron chi connectivity index (χ1n) is 4.73. The molecule has 0 aromatic heterocycles. The third-order valence-corrected chi connectivity index (χ3v) is 2.31. The Morgan fingerprint density at radius 3 is 2.87 bits per heavy atom. The van der Waals surface area contributed by atoms with E-state index in [2.05, 4.69) is 5.32 Å². The van der Waals surface area contributed by atoms with Crippen LogP contribution in [-0.4, -0.2) is 25.5 Å². The van der Waals surface area contributed by atoms with E-state index in [0.29, 0.717) is 24.5 Å². The summed E-state index contributed by atoms with van der Waals surface area (Å²) in [5.74, 6) is -0.430. The zero-order valence-corrected chi connectivity index (χ0v) is 8.16. The molecule has 0 bridgehead atoms. The lowest BCUT2D eigenvalue weighted by atomic mass is 10.2. The molecule has 1 heterocycles. The van der Waals surface area contributed by atoms with Crippen molar-refractivity contribution in [2.24, 2.45) is 0 Å². The molecule has 2 rings (SSSR count). The number of nitrogens with one attached hydrogen (secondary N) is 1. The molecule has 0 atom stereocenters. The summed E-state index contributed by atoms with van der Waals surface area (Å²) in [5.41, 5.74) is 6.56. The van der Waals surface area contributed by atoms with Gasteiger partial charge in [-0.15, -0.1) is 0 Å². The molecule has 0 saturated carbocycles. The van der Waals surface area contributed by atoms with Crippen LogP contribution in [0.2, 0.25) is 0 Å². The van der Waals surface area contributed by atoms with Crippen molar-refractivity contribution in [1.29, 1.82) is 0 Å². The standard InChI is InChI=1S/C10H12FN3O/c11-7-3-8(12)5-9(4-7)14-2-1-13-10(15)6-14/h3-5H,1-2,6,12H2,(H,13,15). The van der Waals surface area contributed by atoms with Crippen molar-refractivity contribution in [3.63, 3.8) is 0 Å². The van der Waals surface area contributed by atoms with E-state index in [1.54, 1.807) is 11.0 Å². The molecule has 0 unspecified atom stereocenters. The molecule has 15 heavy (non-hydrogen) atoms. The molecule has 1 saturated heterocycles. The maximum Gasteiger partial charge on any atom is 0.239 e. The number of nitrogens with zero attached hydrogens (tertiary/aromatic N) is 1. The van der Waals surface area contributed by atoms with Crippen molar-refractivity contribution in [2.45, 2.75) is 0 Å². The van der Waals surface area contributed by atoms with Crippen LogP contribution >= 0.6 is 0 Å². The van der Waals surface area contributed by atoms with Crippen LogP contribution in [0.4, 0.5) is 15.8 Å². The second-order valence-electron chi connectivity index (χ2n) is 3.51. The second kappa shape index (κ2) is 3.76. The van der Waals surface area contributed by atoms with Crippen LogP contribution in [0.15, 0.2) is 18.2 Å². The van der Waals surface area contributed by atoms with Gasteiger partial charge >= 0.3 is 0 Å². The number of benzene rings is 1. The van der Waals surface area contributed by atoms with Crippen LogP contribution in [0, 0.1) is 5.82 Å². The molecule has 1 aliphatic heterocycles. The number of hydrogen-bond acceptors (Lipinski definition) is 3. The first-order chi connectivity index (χ1) is 7.15. The molecule has 80 valence electrons. The van der Waals surface area contributed by atoms with Crippen LogP contribution in [0.3, 0.4) is 0 Å². The predicted molar refractivity (Wildman–Crippen MR) is 56.0 cm³/mol. The molecule has 1 fully saturated rings. The summed E-state index contributed by atoms with van der Waals surface area (Å²) >= 11 is 0. The van der Waals surface area contributed by atoms with Crippen LogP contribution in [0.1, 0.15) is 0 Å². The van der Waals surface area contributed by atoms with Crippen LogP contribution in [-0.2, 0) is 4.79 Å². The van der Waals surface area contributed by atoms with Gasteiger partial charge in [0, 0.05) is 24.5 Å². The van der Waals surface area contributed by atoms with Gasteiger partial charge in [-0.25, -0.2) is 4.39 Å². The van der Waals surface area contributed by atoms with Crippen molar-refractivity contribution in [2.75, 3.05) is 30.3 Å². The van der Waals surface area contributed by atoms with Crippen LogP contribution in [0.25, 0.3) is 0 Å². The average molecular weight is 209 g/mol. The molecule has 0 spiro atoms. The highest BCUT2D eigenvalue weighted by Gasteiger charge is 2.16. The molecule has 0 aliphatic carbocycles. The third-order valence-electron chi connectivity index (χ3n) is 2.31. The Labute approximate surface area is 86.9 Å². The van der Waals surface area contributed by atoms with Crippen molar-refractivity contribution < 1.29 is 9.18 Å². The Morgan fingerprint density at radius 1 is 1.40 bits per heavy atom. The summed E-state index contributed by atoms with van der Waals surface area (Å²) in [5, 5.41) is 2.71. The van der Waals surface area contributed by atoms with Crippen molar-refractivity contribution >= 4 is 17.3 Å². The molecule has 1 aromatic carbocycles. The van der Waals surface area contributed by atoms with E-state index in [1.165, 1.54) is 12.1 Å². The largest absolute Gasteiger partial charge is 0.399 e. The number of halogens is 1. The van der Waals surface area contributed by atoms with E-state index >= 15 is 0 Å². The Balaban J connectivity index is 2.24. The first-order valence-corrected chi connectivity index (χ1v) is 4.73. The summed E-state index contributed by atoms with van der Waals surface area (Å²) in [7, 11) is 0. The highest BCUT2D eigenvalue weighted by Crippen LogP contribution is 2.20. The lowest BCUT2D eigenvalue weighted by Crippen LogP contribution is -2.47. The minimum absolute atomic E-state index is 0.0518. The van der Waals surface area contributed by atoms with Gasteiger partial charge in [0.1, 0.15) is 5.82 Å². The fourth-order valence-corrected chi connectivity index (χ4v) is 1.64. The zero-order chi connectivity index (χ0) is 10.8. The van der Waals surface area contributed by atoms with Gasteiger partial charge in [-0.1, -0.05) is 0 Å². The number of piperazine rings is 1. The van der Waals surface area contributed by atoms with Gasteiger partial charge in [0.2, 0.25) is 5.91 Å². The van der Waals surface area contributed by atoms with Gasteiger partial charge in [0.05, 0.1) is 6.54 Å². The number of amides is 1. The summed E-state index contributed by atoms with van der Waals surface area (Å²) in [6.45, 7) is 1.51. The van der Waals surface area contributed by atoms with Gasteiger partial charge in [-0.3, -0.25) is 4.79 Å². The Bertz CT molecular complexity index is 374. The summed E-state index contributed by atoms with van der Waals surface area (Å²) < 4.78 is 13.1. The molecule has 1 amide bonds. The number of carbonyl (C=O) groups is 1. The second-order valence-corrected chi connectivity index (χ2v) is 3.51. The van der Waals surface area contributed by atoms with E-state index in [0.717, 1.165) is 0 Å². The molecule has 3 N–H and O–H groups in total. The Morgan fingerprint density at radius 2 is 2.20 bits per heavy atom. The fourth-order valence-electron chi connectivity index (χ4n) is 1.64. The van der Waals surface area contributed by atoms with Crippen molar-refractivity contribution in [3.8, 4) is 0 Å². The van der Waals surface area contributed by atoms with Crippen LogP contribution in [0.5, 0.6) is 0 Å². The summed E-state index contributed by atoms with van der Waals surface area (Å²) in [6.07, 6.45) is 0. The number of nitrogens with two attached hydrogens (primary N) is 1. The number of anilines is 2. The lowest BCUT2D eigenvalue weighted by molar-refractivity contribution is -0.120. The summed E-state index contributed by atoms with van der Waals surface area (Å²) in [4.78, 5) is 12.9. The maximum absolute atomic E-state index is 13.1. The fraction of sp³-hybridized carbons (Fsp3) is 0.300. The van der Waals surface area contributed by atoms with Gasteiger partial charge in [0.25, 0.3) is 0 Å². The number of hydrogen-bond donors (Lipinski definition) is 2. The average Bonchev–Trinajstić information content (AvgIpc) is 2.16. The molecule has 5 heteroatoms. The third kappa shape index (κ3) is 2.18. The Kier molecular flexibility index (Phi) is 2.45. The maximum atomic E-state index is 13.1. The van der Waals surface area contributed by atoms with Crippen molar-refractivity contribution in [1.82, 2.24) is 5.32 Å². The zero-order valence-electron chi connectivity index (χ0n) is 8.16. The van der Waals surface area contributed by atoms with E-state index < -0.39 is 0 Å². The highest BCUT2D eigenvalue weighted by molar-refractivity contribution is 5.82. The lowest BCUT2D eigenvalue weighted by Gasteiger charge is -2.28. The van der Waals surface area contributed by atoms with E-state index in [-0.39, 0.29) is 18.3 Å². The minimum Gasteiger partial charge on any atom is -0.399 e. The monoisotopic (exact) mass is 209 g/mol. The molecule has 1 aromatic rings. The van der Waals surface area contributed by atoms with Crippen molar-refractivity contribution in [3.05, 3.63) is 24.0 Å². The topological polar surface area (TPSA) is 58.4 Å². The van der Waals surface area contributed by atoms with Crippen LogP contribution < -0.4 is 16.0 Å². The molecule has 4 nitrogen and oxygen atoms in total. The normalized spacial score (nSPS) is 16.3.